The largest absolute Gasteiger partial charge is 0.467 e. The molecule has 0 saturated carbocycles. The minimum absolute atomic E-state index is 0.00614. The SMILES string of the molecule is O=C(NCc1ccco1)c1cc(-c2ccncc2)n[nH]c1=O. The number of hydrogen-bond donors (Lipinski definition) is 2. The zero-order valence-electron chi connectivity index (χ0n) is 11.4. The lowest BCUT2D eigenvalue weighted by Gasteiger charge is -2.04. The maximum atomic E-state index is 12.1. The van der Waals surface area contributed by atoms with E-state index in [4.69, 9.17) is 4.42 Å². The summed E-state index contributed by atoms with van der Waals surface area (Å²) >= 11 is 0. The summed E-state index contributed by atoms with van der Waals surface area (Å²) < 4.78 is 5.12. The fourth-order valence-electron chi connectivity index (χ4n) is 1.92. The van der Waals surface area contributed by atoms with Gasteiger partial charge in [-0.3, -0.25) is 14.6 Å². The number of H-pyrrole nitrogens is 1. The van der Waals surface area contributed by atoms with Crippen molar-refractivity contribution in [2.45, 2.75) is 6.54 Å². The number of carbonyl (C=O) groups is 1. The molecule has 0 atom stereocenters. The third kappa shape index (κ3) is 2.93. The van der Waals surface area contributed by atoms with Crippen LogP contribution < -0.4 is 10.9 Å². The van der Waals surface area contributed by atoms with Gasteiger partial charge in [0.05, 0.1) is 18.5 Å². The average Bonchev–Trinajstić information content (AvgIpc) is 3.07. The van der Waals surface area contributed by atoms with E-state index in [-0.39, 0.29) is 12.1 Å². The van der Waals surface area contributed by atoms with E-state index in [0.717, 1.165) is 5.56 Å². The predicted octanol–water partition coefficient (Wildman–Crippen LogP) is 1.35. The van der Waals surface area contributed by atoms with E-state index in [0.29, 0.717) is 11.5 Å². The Morgan fingerprint density at radius 3 is 2.82 bits per heavy atom. The van der Waals surface area contributed by atoms with Crippen LogP contribution in [0.3, 0.4) is 0 Å². The van der Waals surface area contributed by atoms with Gasteiger partial charge in [0.1, 0.15) is 11.3 Å². The van der Waals surface area contributed by atoms with E-state index in [9.17, 15) is 9.59 Å². The molecule has 0 spiro atoms. The van der Waals surface area contributed by atoms with Crippen LogP contribution in [-0.4, -0.2) is 21.1 Å². The Bertz CT molecular complexity index is 826. The Labute approximate surface area is 125 Å². The van der Waals surface area contributed by atoms with Gasteiger partial charge in [-0.1, -0.05) is 0 Å². The summed E-state index contributed by atoms with van der Waals surface area (Å²) in [6.45, 7) is 0.207. The lowest BCUT2D eigenvalue weighted by molar-refractivity contribution is 0.0946. The smallest absolute Gasteiger partial charge is 0.277 e. The first-order chi connectivity index (χ1) is 10.7. The van der Waals surface area contributed by atoms with Crippen LogP contribution in [0.4, 0.5) is 0 Å². The summed E-state index contributed by atoms with van der Waals surface area (Å²) in [6.07, 6.45) is 4.74. The first-order valence-electron chi connectivity index (χ1n) is 6.55. The third-order valence-electron chi connectivity index (χ3n) is 3.03. The average molecular weight is 296 g/mol. The number of aromatic nitrogens is 3. The van der Waals surface area contributed by atoms with Crippen LogP contribution in [-0.2, 0) is 6.54 Å². The van der Waals surface area contributed by atoms with Gasteiger partial charge < -0.3 is 9.73 Å². The Morgan fingerprint density at radius 2 is 2.09 bits per heavy atom. The van der Waals surface area contributed by atoms with Crippen molar-refractivity contribution in [2.75, 3.05) is 0 Å². The van der Waals surface area contributed by atoms with Gasteiger partial charge in [0.2, 0.25) is 0 Å². The highest BCUT2D eigenvalue weighted by molar-refractivity contribution is 5.94. The zero-order chi connectivity index (χ0) is 15.4. The number of aromatic amines is 1. The standard InChI is InChI=1S/C15H12N4O3/c20-14(17-9-11-2-1-7-22-11)12-8-13(18-19-15(12)21)10-3-5-16-6-4-10/h1-8H,9H2,(H,17,20)(H,19,21). The molecule has 110 valence electrons. The minimum atomic E-state index is -0.547. The number of carbonyl (C=O) groups excluding carboxylic acids is 1. The van der Waals surface area contributed by atoms with Gasteiger partial charge in [0, 0.05) is 18.0 Å². The van der Waals surface area contributed by atoms with Gasteiger partial charge in [0.15, 0.2) is 0 Å². The van der Waals surface area contributed by atoms with Crippen molar-refractivity contribution in [1.29, 1.82) is 0 Å². The molecule has 0 aliphatic rings. The molecule has 7 heteroatoms. The quantitative estimate of drug-likeness (QED) is 0.757. The molecule has 0 saturated heterocycles. The molecule has 7 nitrogen and oxygen atoms in total. The van der Waals surface area contributed by atoms with Crippen LogP contribution in [0.5, 0.6) is 0 Å². The van der Waals surface area contributed by atoms with Gasteiger partial charge >= 0.3 is 0 Å². The van der Waals surface area contributed by atoms with Crippen molar-refractivity contribution in [3.8, 4) is 11.3 Å². The summed E-state index contributed by atoms with van der Waals surface area (Å²) in [6, 6.07) is 8.39. The van der Waals surface area contributed by atoms with Crippen LogP contribution >= 0.6 is 0 Å². The van der Waals surface area contributed by atoms with Crippen molar-refractivity contribution in [3.63, 3.8) is 0 Å². The van der Waals surface area contributed by atoms with E-state index in [1.807, 2.05) is 0 Å². The molecular weight excluding hydrogens is 284 g/mol. The lowest BCUT2D eigenvalue weighted by Crippen LogP contribution is -2.29. The topological polar surface area (TPSA) is 101 Å². The number of amides is 1. The zero-order valence-corrected chi connectivity index (χ0v) is 11.4. The molecule has 3 aromatic heterocycles. The Kier molecular flexibility index (Phi) is 3.78. The maximum absolute atomic E-state index is 12.1. The lowest BCUT2D eigenvalue weighted by atomic mass is 10.1. The number of rotatable bonds is 4. The monoisotopic (exact) mass is 296 g/mol. The van der Waals surface area contributed by atoms with Gasteiger partial charge in [-0.05, 0) is 30.3 Å². The van der Waals surface area contributed by atoms with Crippen LogP contribution in [0, 0.1) is 0 Å². The maximum Gasteiger partial charge on any atom is 0.277 e. The number of pyridine rings is 1. The van der Waals surface area contributed by atoms with Gasteiger partial charge in [-0.15, -0.1) is 0 Å². The van der Waals surface area contributed by atoms with E-state index in [2.05, 4.69) is 20.5 Å². The van der Waals surface area contributed by atoms with Crippen molar-refractivity contribution >= 4 is 5.91 Å². The predicted molar refractivity (Wildman–Crippen MR) is 78.0 cm³/mol. The molecule has 0 aromatic carbocycles. The Hall–Kier alpha value is -3.22. The highest BCUT2D eigenvalue weighted by Gasteiger charge is 2.13. The fourth-order valence-corrected chi connectivity index (χ4v) is 1.92. The van der Waals surface area contributed by atoms with Crippen LogP contribution in [0.2, 0.25) is 0 Å². The molecule has 0 fully saturated rings. The molecule has 0 bridgehead atoms. The van der Waals surface area contributed by atoms with Crippen LogP contribution in [0.25, 0.3) is 11.3 Å². The minimum Gasteiger partial charge on any atom is -0.467 e. The third-order valence-corrected chi connectivity index (χ3v) is 3.03. The molecule has 0 aliphatic carbocycles. The summed E-state index contributed by atoms with van der Waals surface area (Å²) in [5, 5.41) is 8.90. The molecule has 1 amide bonds. The molecule has 0 unspecified atom stereocenters. The van der Waals surface area contributed by atoms with Gasteiger partial charge in [-0.25, -0.2) is 5.10 Å². The normalized spacial score (nSPS) is 10.4. The van der Waals surface area contributed by atoms with E-state index < -0.39 is 11.5 Å². The second kappa shape index (κ2) is 6.04. The Balaban J connectivity index is 1.83. The molecule has 3 rings (SSSR count). The van der Waals surface area contributed by atoms with Crippen molar-refractivity contribution in [2.24, 2.45) is 0 Å². The molecule has 0 radical (unpaired) electrons. The van der Waals surface area contributed by atoms with E-state index >= 15 is 0 Å². The number of nitrogens with zero attached hydrogens (tertiary/aromatic N) is 2. The van der Waals surface area contributed by atoms with Crippen molar-refractivity contribution in [3.05, 3.63) is 70.7 Å². The van der Waals surface area contributed by atoms with Crippen LogP contribution in [0.15, 0.2) is 58.2 Å². The fraction of sp³-hybridized carbons (Fsp3) is 0.0667. The highest BCUT2D eigenvalue weighted by Crippen LogP contribution is 2.14. The Morgan fingerprint density at radius 1 is 1.27 bits per heavy atom. The van der Waals surface area contributed by atoms with E-state index in [1.165, 1.54) is 12.3 Å². The molecular formula is C15H12N4O3. The summed E-state index contributed by atoms with van der Waals surface area (Å²) in [7, 11) is 0. The number of hydrogen-bond acceptors (Lipinski definition) is 5. The summed E-state index contributed by atoms with van der Waals surface area (Å²) in [5.41, 5.74) is 0.694. The number of furan rings is 1. The molecule has 2 N–H and O–H groups in total. The summed E-state index contributed by atoms with van der Waals surface area (Å²) in [5.74, 6) is 0.114. The van der Waals surface area contributed by atoms with Crippen molar-refractivity contribution < 1.29 is 9.21 Å². The highest BCUT2D eigenvalue weighted by atomic mass is 16.3. The van der Waals surface area contributed by atoms with Gasteiger partial charge in [-0.2, -0.15) is 5.10 Å². The van der Waals surface area contributed by atoms with E-state index in [1.54, 1.807) is 36.7 Å². The molecule has 0 aliphatic heterocycles. The second-order valence-corrected chi connectivity index (χ2v) is 4.49. The number of nitrogens with one attached hydrogen (secondary N) is 2. The second-order valence-electron chi connectivity index (χ2n) is 4.49. The molecule has 3 aromatic rings. The molecule has 22 heavy (non-hydrogen) atoms. The first kappa shape index (κ1) is 13.7. The molecule has 3 heterocycles. The van der Waals surface area contributed by atoms with Crippen LogP contribution in [0.1, 0.15) is 16.1 Å². The van der Waals surface area contributed by atoms with Crippen molar-refractivity contribution in [1.82, 2.24) is 20.5 Å². The summed E-state index contributed by atoms with van der Waals surface area (Å²) in [4.78, 5) is 27.8. The first-order valence-corrected chi connectivity index (χ1v) is 6.55. The van der Waals surface area contributed by atoms with Gasteiger partial charge in [0.25, 0.3) is 11.5 Å².